The summed E-state index contributed by atoms with van der Waals surface area (Å²) in [5, 5.41) is 6.66. The minimum Gasteiger partial charge on any atom is -0.493 e. The van der Waals surface area contributed by atoms with Gasteiger partial charge in [-0.3, -0.25) is 14.4 Å². The van der Waals surface area contributed by atoms with Crippen LogP contribution in [0.15, 0.2) is 60.7 Å². The lowest BCUT2D eigenvalue weighted by Crippen LogP contribution is -2.49. The third kappa shape index (κ3) is 7.26. The van der Waals surface area contributed by atoms with Crippen molar-refractivity contribution in [2.24, 2.45) is 5.73 Å². The highest BCUT2D eigenvalue weighted by molar-refractivity contribution is 6.31. The summed E-state index contributed by atoms with van der Waals surface area (Å²) < 4.78 is 10.7. The largest absolute Gasteiger partial charge is 0.493 e. The first-order valence-corrected chi connectivity index (χ1v) is 15.2. The number of carbonyl (C=O) groups is 3. The Balaban J connectivity index is 1.36. The molecular formula is C33H38ClN5O5. The molecule has 44 heavy (non-hydrogen) atoms. The van der Waals surface area contributed by atoms with E-state index in [-0.39, 0.29) is 29.8 Å². The van der Waals surface area contributed by atoms with Crippen molar-refractivity contribution >= 4 is 40.7 Å². The minimum atomic E-state index is -0.360. The van der Waals surface area contributed by atoms with Crippen LogP contribution < -0.4 is 30.7 Å². The second kappa shape index (κ2) is 14.0. The van der Waals surface area contributed by atoms with Crippen molar-refractivity contribution in [3.05, 3.63) is 82.4 Å². The van der Waals surface area contributed by atoms with Crippen LogP contribution in [0.2, 0.25) is 5.02 Å². The summed E-state index contributed by atoms with van der Waals surface area (Å²) in [6.07, 6.45) is 3.43. The van der Waals surface area contributed by atoms with E-state index in [0.717, 1.165) is 31.4 Å². The van der Waals surface area contributed by atoms with Crippen LogP contribution in [0.3, 0.4) is 0 Å². The Kier molecular flexibility index (Phi) is 9.92. The van der Waals surface area contributed by atoms with E-state index in [4.69, 9.17) is 26.8 Å². The third-order valence-electron chi connectivity index (χ3n) is 8.24. The SMILES string of the molecule is COc1ccc(C(=O)Nc2cc(C(=O)NC3CCC(N)CC3)ccc2N2CCN(C(=O)c3cccc(Cl)c3)CC2)cc1OC. The maximum atomic E-state index is 13.5. The number of hydrogen-bond donors (Lipinski definition) is 3. The Morgan fingerprint density at radius 1 is 0.795 bits per heavy atom. The number of nitrogens with zero attached hydrogens (tertiary/aromatic N) is 2. The quantitative estimate of drug-likeness (QED) is 0.337. The number of rotatable bonds is 8. The summed E-state index contributed by atoms with van der Waals surface area (Å²) in [6, 6.07) is 17.4. The fraction of sp³-hybridized carbons (Fsp3) is 0.364. The number of halogens is 1. The van der Waals surface area contributed by atoms with Crippen molar-refractivity contribution in [3.63, 3.8) is 0 Å². The third-order valence-corrected chi connectivity index (χ3v) is 8.47. The zero-order valence-corrected chi connectivity index (χ0v) is 25.7. The summed E-state index contributed by atoms with van der Waals surface area (Å²) in [7, 11) is 3.04. The number of anilines is 2. The number of nitrogens with one attached hydrogen (secondary N) is 2. The van der Waals surface area contributed by atoms with E-state index < -0.39 is 0 Å². The molecule has 10 nitrogen and oxygen atoms in total. The van der Waals surface area contributed by atoms with Gasteiger partial charge in [0.1, 0.15) is 0 Å². The molecule has 3 amide bonds. The molecule has 2 aliphatic rings. The second-order valence-electron chi connectivity index (χ2n) is 11.1. The smallest absolute Gasteiger partial charge is 0.255 e. The van der Waals surface area contributed by atoms with Gasteiger partial charge in [0.15, 0.2) is 11.5 Å². The van der Waals surface area contributed by atoms with Gasteiger partial charge in [0.05, 0.1) is 25.6 Å². The van der Waals surface area contributed by atoms with Gasteiger partial charge in [-0.25, -0.2) is 0 Å². The highest BCUT2D eigenvalue weighted by Gasteiger charge is 2.26. The molecule has 2 fully saturated rings. The van der Waals surface area contributed by atoms with Gasteiger partial charge in [0.25, 0.3) is 17.7 Å². The molecule has 1 heterocycles. The molecule has 0 atom stereocenters. The topological polar surface area (TPSA) is 126 Å². The van der Waals surface area contributed by atoms with Crippen LogP contribution in [0.4, 0.5) is 11.4 Å². The standard InChI is InChI=1S/C33H38ClN5O5/c1-43-29-13-7-22(20-30(29)44-2)32(41)37-27-19-21(31(40)36-26-10-8-25(35)9-11-26)6-12-28(27)38-14-16-39(17-15-38)33(42)23-4-3-5-24(34)18-23/h3-7,12-13,18-20,25-26H,8-11,14-17,35H2,1-2H3,(H,36,40)(H,37,41). The number of amides is 3. The molecule has 0 aromatic heterocycles. The molecule has 5 rings (SSSR count). The van der Waals surface area contributed by atoms with E-state index in [9.17, 15) is 14.4 Å². The number of hydrogen-bond acceptors (Lipinski definition) is 7. The lowest BCUT2D eigenvalue weighted by atomic mass is 9.91. The van der Waals surface area contributed by atoms with Gasteiger partial charge in [0.2, 0.25) is 0 Å². The predicted molar refractivity (Wildman–Crippen MR) is 171 cm³/mol. The molecule has 0 radical (unpaired) electrons. The highest BCUT2D eigenvalue weighted by Crippen LogP contribution is 2.32. The van der Waals surface area contributed by atoms with Gasteiger partial charge in [0, 0.05) is 60.0 Å². The monoisotopic (exact) mass is 619 g/mol. The Bertz CT molecular complexity index is 1520. The van der Waals surface area contributed by atoms with Crippen LogP contribution in [0.1, 0.15) is 56.8 Å². The number of methoxy groups -OCH3 is 2. The van der Waals surface area contributed by atoms with Gasteiger partial charge in [-0.15, -0.1) is 0 Å². The molecule has 11 heteroatoms. The Morgan fingerprint density at radius 2 is 1.48 bits per heavy atom. The van der Waals surface area contributed by atoms with E-state index in [1.807, 2.05) is 6.07 Å². The first-order valence-electron chi connectivity index (χ1n) is 14.8. The van der Waals surface area contributed by atoms with E-state index >= 15 is 0 Å². The van der Waals surface area contributed by atoms with Crippen LogP contribution in [-0.4, -0.2) is 75.1 Å². The predicted octanol–water partition coefficient (Wildman–Crippen LogP) is 4.57. The van der Waals surface area contributed by atoms with Crippen molar-refractivity contribution in [1.82, 2.24) is 10.2 Å². The maximum absolute atomic E-state index is 13.5. The molecular weight excluding hydrogens is 582 g/mol. The average molecular weight is 620 g/mol. The van der Waals surface area contributed by atoms with Crippen molar-refractivity contribution in [2.75, 3.05) is 50.6 Å². The number of benzene rings is 3. The van der Waals surface area contributed by atoms with Crippen LogP contribution in [-0.2, 0) is 0 Å². The summed E-state index contributed by atoms with van der Waals surface area (Å²) in [5.41, 5.74) is 8.66. The van der Waals surface area contributed by atoms with Crippen LogP contribution in [0.25, 0.3) is 0 Å². The summed E-state index contributed by atoms with van der Waals surface area (Å²) in [4.78, 5) is 43.7. The molecule has 4 N–H and O–H groups in total. The second-order valence-corrected chi connectivity index (χ2v) is 11.6. The van der Waals surface area contributed by atoms with Gasteiger partial charge in [-0.2, -0.15) is 0 Å². The lowest BCUT2D eigenvalue weighted by Gasteiger charge is -2.37. The van der Waals surface area contributed by atoms with E-state index in [1.165, 1.54) is 14.2 Å². The fourth-order valence-corrected chi connectivity index (χ4v) is 5.90. The Hall–Kier alpha value is -4.28. The van der Waals surface area contributed by atoms with Gasteiger partial charge in [-0.1, -0.05) is 17.7 Å². The molecule has 3 aromatic rings. The molecule has 0 unspecified atom stereocenters. The van der Waals surface area contributed by atoms with Crippen molar-refractivity contribution in [3.8, 4) is 11.5 Å². The van der Waals surface area contributed by atoms with Gasteiger partial charge < -0.3 is 35.6 Å². The minimum absolute atomic E-state index is 0.0666. The molecule has 1 saturated carbocycles. The first-order chi connectivity index (χ1) is 21.2. The summed E-state index contributed by atoms with van der Waals surface area (Å²) in [6.45, 7) is 2.06. The average Bonchev–Trinajstić information content (AvgIpc) is 3.05. The Labute approximate surface area is 262 Å². The summed E-state index contributed by atoms with van der Waals surface area (Å²) >= 11 is 6.10. The van der Waals surface area contributed by atoms with Crippen LogP contribution >= 0.6 is 11.6 Å². The van der Waals surface area contributed by atoms with Crippen LogP contribution in [0, 0.1) is 0 Å². The lowest BCUT2D eigenvalue weighted by molar-refractivity contribution is 0.0746. The number of carbonyl (C=O) groups excluding carboxylic acids is 3. The summed E-state index contributed by atoms with van der Waals surface area (Å²) in [5.74, 6) is 0.305. The highest BCUT2D eigenvalue weighted by atomic mass is 35.5. The fourth-order valence-electron chi connectivity index (χ4n) is 5.71. The normalized spacial score (nSPS) is 18.4. The molecule has 1 saturated heterocycles. The van der Waals surface area contributed by atoms with Gasteiger partial charge in [-0.05, 0) is 80.3 Å². The Morgan fingerprint density at radius 3 is 2.16 bits per heavy atom. The van der Waals surface area contributed by atoms with E-state index in [1.54, 1.807) is 59.5 Å². The molecule has 3 aromatic carbocycles. The zero-order valence-electron chi connectivity index (χ0n) is 25.0. The van der Waals surface area contributed by atoms with Crippen molar-refractivity contribution in [2.45, 2.75) is 37.8 Å². The zero-order chi connectivity index (χ0) is 31.2. The van der Waals surface area contributed by atoms with E-state index in [0.29, 0.717) is 65.1 Å². The molecule has 232 valence electrons. The maximum Gasteiger partial charge on any atom is 0.255 e. The van der Waals surface area contributed by atoms with Crippen molar-refractivity contribution in [1.29, 1.82) is 0 Å². The van der Waals surface area contributed by atoms with Crippen LogP contribution in [0.5, 0.6) is 11.5 Å². The number of piperazine rings is 1. The molecule has 0 spiro atoms. The van der Waals surface area contributed by atoms with E-state index in [2.05, 4.69) is 15.5 Å². The van der Waals surface area contributed by atoms with Crippen molar-refractivity contribution < 1.29 is 23.9 Å². The number of ether oxygens (including phenoxy) is 2. The van der Waals surface area contributed by atoms with Gasteiger partial charge >= 0.3 is 0 Å². The molecule has 1 aliphatic carbocycles. The first kappa shape index (κ1) is 31.2. The molecule has 1 aliphatic heterocycles. The number of nitrogens with two attached hydrogens (primary N) is 1. The molecule has 0 bridgehead atoms.